The van der Waals surface area contributed by atoms with Gasteiger partial charge in [0.1, 0.15) is 17.2 Å². The van der Waals surface area contributed by atoms with E-state index in [2.05, 4.69) is 32.4 Å². The monoisotopic (exact) mass is 513 g/mol. The molecule has 2 heterocycles. The van der Waals surface area contributed by atoms with Crippen molar-refractivity contribution >= 4 is 17.5 Å². The van der Waals surface area contributed by atoms with E-state index in [0.717, 1.165) is 18.2 Å². The van der Waals surface area contributed by atoms with E-state index in [0.29, 0.717) is 37.1 Å². The summed E-state index contributed by atoms with van der Waals surface area (Å²) in [6, 6.07) is 6.46. The summed E-state index contributed by atoms with van der Waals surface area (Å²) in [5, 5.41) is 5.57. The van der Waals surface area contributed by atoms with Gasteiger partial charge in [0.15, 0.2) is 0 Å². The van der Waals surface area contributed by atoms with Crippen molar-refractivity contribution in [2.24, 2.45) is 0 Å². The minimum absolute atomic E-state index is 0.0617. The number of benzene rings is 2. The van der Waals surface area contributed by atoms with Gasteiger partial charge in [-0.3, -0.25) is 4.79 Å². The highest BCUT2D eigenvalue weighted by molar-refractivity contribution is 6.05. The maximum Gasteiger partial charge on any atom is 0.416 e. The van der Waals surface area contributed by atoms with Gasteiger partial charge in [0.25, 0.3) is 5.91 Å². The van der Waals surface area contributed by atoms with Crippen LogP contribution in [0.4, 0.5) is 29.2 Å². The lowest BCUT2D eigenvalue weighted by Crippen LogP contribution is -2.37. The van der Waals surface area contributed by atoms with Crippen LogP contribution in [0, 0.1) is 17.7 Å². The van der Waals surface area contributed by atoms with Gasteiger partial charge in [-0.15, -0.1) is 0 Å². The van der Waals surface area contributed by atoms with Gasteiger partial charge >= 0.3 is 6.18 Å². The molecule has 37 heavy (non-hydrogen) atoms. The maximum absolute atomic E-state index is 14.6. The lowest BCUT2D eigenvalue weighted by molar-refractivity contribution is -0.137. The van der Waals surface area contributed by atoms with Crippen molar-refractivity contribution in [2.75, 3.05) is 24.1 Å². The first-order valence-electron chi connectivity index (χ1n) is 11.4. The molecule has 1 fully saturated rings. The summed E-state index contributed by atoms with van der Waals surface area (Å²) in [7, 11) is 0. The van der Waals surface area contributed by atoms with Gasteiger partial charge in [-0.05, 0) is 49.4 Å². The number of anilines is 2. The van der Waals surface area contributed by atoms with Gasteiger partial charge < -0.3 is 21.1 Å². The highest BCUT2D eigenvalue weighted by atomic mass is 19.4. The summed E-state index contributed by atoms with van der Waals surface area (Å²) >= 11 is 0. The highest BCUT2D eigenvalue weighted by Gasteiger charge is 2.36. The SMILES string of the molecule is CC[C@]1(Oc2ccc(C(F)(F)F)cc2NC(=O)c2cc(C#Cc3cnc(N)nc3)ccc2F)CCNC1. The molecular weight excluding hydrogens is 490 g/mol. The maximum atomic E-state index is 14.6. The number of aromatic nitrogens is 2. The van der Waals surface area contributed by atoms with Crippen molar-refractivity contribution < 1.29 is 27.1 Å². The number of nitrogens with one attached hydrogen (secondary N) is 2. The fourth-order valence-electron chi connectivity index (χ4n) is 3.82. The van der Waals surface area contributed by atoms with E-state index in [1.165, 1.54) is 30.6 Å². The molecule has 7 nitrogen and oxygen atoms in total. The Hall–Kier alpha value is -4.17. The molecule has 0 unspecified atom stereocenters. The summed E-state index contributed by atoms with van der Waals surface area (Å²) in [4.78, 5) is 20.7. The van der Waals surface area contributed by atoms with Crippen LogP contribution >= 0.6 is 0 Å². The molecule has 0 spiro atoms. The number of nitrogens with two attached hydrogens (primary N) is 1. The van der Waals surface area contributed by atoms with Crippen LogP contribution in [0.1, 0.15) is 46.8 Å². The number of ether oxygens (including phenoxy) is 1. The van der Waals surface area contributed by atoms with Crippen LogP contribution in [0.25, 0.3) is 0 Å². The summed E-state index contributed by atoms with van der Waals surface area (Å²) in [5.74, 6) is 3.87. The third kappa shape index (κ3) is 6.16. The minimum atomic E-state index is -4.65. The van der Waals surface area contributed by atoms with E-state index >= 15 is 0 Å². The van der Waals surface area contributed by atoms with Crippen LogP contribution in [0.15, 0.2) is 48.8 Å². The molecule has 4 rings (SSSR count). The lowest BCUT2D eigenvalue weighted by atomic mass is 9.99. The highest BCUT2D eigenvalue weighted by Crippen LogP contribution is 2.38. The van der Waals surface area contributed by atoms with Gasteiger partial charge in [-0.25, -0.2) is 14.4 Å². The van der Waals surface area contributed by atoms with Crippen molar-refractivity contribution in [2.45, 2.75) is 31.5 Å². The molecule has 1 aliphatic heterocycles. The molecule has 192 valence electrons. The van der Waals surface area contributed by atoms with Crippen LogP contribution in [-0.2, 0) is 6.18 Å². The predicted molar refractivity (Wildman–Crippen MR) is 129 cm³/mol. The van der Waals surface area contributed by atoms with E-state index in [9.17, 15) is 22.4 Å². The Morgan fingerprint density at radius 2 is 1.89 bits per heavy atom. The molecular formula is C26H23F4N5O2. The third-order valence-electron chi connectivity index (χ3n) is 5.96. The van der Waals surface area contributed by atoms with Crippen molar-refractivity contribution in [1.29, 1.82) is 0 Å². The largest absolute Gasteiger partial charge is 0.484 e. The van der Waals surface area contributed by atoms with E-state index < -0.39 is 34.6 Å². The van der Waals surface area contributed by atoms with E-state index in [1.807, 2.05) is 6.92 Å². The van der Waals surface area contributed by atoms with E-state index in [1.54, 1.807) is 0 Å². The molecule has 1 aromatic heterocycles. The van der Waals surface area contributed by atoms with Crippen LogP contribution < -0.4 is 21.1 Å². The minimum Gasteiger partial charge on any atom is -0.484 e. The number of alkyl halides is 3. The molecule has 2 aromatic carbocycles. The first-order valence-corrected chi connectivity index (χ1v) is 11.4. The standard InChI is InChI=1S/C26H23F4N5O2/c1-2-25(9-10-32-15-25)37-22-8-6-18(26(28,29)30)12-21(22)35-23(36)19-11-16(5-7-20(19)27)3-4-17-13-33-24(31)34-14-17/h5-8,11-14,32H,2,9-10,15H2,1H3,(H,35,36)(H2,31,33,34)/t25-/m0/s1. The molecule has 1 atom stereocenters. The molecule has 0 saturated carbocycles. The van der Waals surface area contributed by atoms with E-state index in [-0.39, 0.29) is 17.4 Å². The van der Waals surface area contributed by atoms with Gasteiger partial charge in [-0.1, -0.05) is 18.8 Å². The first kappa shape index (κ1) is 25.9. The summed E-state index contributed by atoms with van der Waals surface area (Å²) in [5.41, 5.74) is 3.97. The number of hydrogen-bond acceptors (Lipinski definition) is 6. The molecule has 0 radical (unpaired) electrons. The van der Waals surface area contributed by atoms with Crippen molar-refractivity contribution in [3.8, 4) is 17.6 Å². The molecule has 1 amide bonds. The zero-order valence-corrected chi connectivity index (χ0v) is 19.7. The average molecular weight is 513 g/mol. The predicted octanol–water partition coefficient (Wildman–Crippen LogP) is 4.39. The average Bonchev–Trinajstić information content (AvgIpc) is 3.34. The van der Waals surface area contributed by atoms with Crippen molar-refractivity contribution in [3.05, 3.63) is 76.9 Å². The van der Waals surface area contributed by atoms with Gasteiger partial charge in [0, 0.05) is 30.9 Å². The number of hydrogen-bond donors (Lipinski definition) is 3. The number of nitrogens with zero attached hydrogens (tertiary/aromatic N) is 2. The third-order valence-corrected chi connectivity index (χ3v) is 5.96. The number of carbonyl (C=O) groups is 1. The van der Waals surface area contributed by atoms with Crippen LogP contribution in [0.5, 0.6) is 5.75 Å². The fraction of sp³-hybridized carbons (Fsp3) is 0.269. The van der Waals surface area contributed by atoms with Gasteiger partial charge in [0.05, 0.1) is 22.4 Å². The lowest BCUT2D eigenvalue weighted by Gasteiger charge is -2.29. The molecule has 1 aliphatic rings. The Kier molecular flexibility index (Phi) is 7.31. The van der Waals surface area contributed by atoms with Crippen molar-refractivity contribution in [3.63, 3.8) is 0 Å². The molecule has 0 aliphatic carbocycles. The van der Waals surface area contributed by atoms with Crippen LogP contribution in [0.2, 0.25) is 0 Å². The normalized spacial score (nSPS) is 17.1. The molecule has 1 saturated heterocycles. The second kappa shape index (κ2) is 10.4. The topological polar surface area (TPSA) is 102 Å². The number of rotatable bonds is 5. The zero-order valence-electron chi connectivity index (χ0n) is 19.7. The second-order valence-electron chi connectivity index (χ2n) is 8.50. The van der Waals surface area contributed by atoms with Crippen molar-refractivity contribution in [1.82, 2.24) is 15.3 Å². The Labute approximate surface area is 210 Å². The number of carbonyl (C=O) groups excluding carboxylic acids is 1. The van der Waals surface area contributed by atoms with Crippen LogP contribution in [0.3, 0.4) is 0 Å². The van der Waals surface area contributed by atoms with Crippen LogP contribution in [-0.4, -0.2) is 34.6 Å². The van der Waals surface area contributed by atoms with E-state index in [4.69, 9.17) is 10.5 Å². The van der Waals surface area contributed by atoms with Gasteiger partial charge in [0.2, 0.25) is 5.95 Å². The summed E-state index contributed by atoms with van der Waals surface area (Å²) in [6.07, 6.45) is -0.591. The quantitative estimate of drug-likeness (QED) is 0.346. The fourth-order valence-corrected chi connectivity index (χ4v) is 3.82. The molecule has 0 bridgehead atoms. The summed E-state index contributed by atoms with van der Waals surface area (Å²) < 4.78 is 60.9. The zero-order chi connectivity index (χ0) is 26.6. The smallest absolute Gasteiger partial charge is 0.416 e. The molecule has 3 aromatic rings. The molecule has 11 heteroatoms. The Balaban J connectivity index is 1.64. The Morgan fingerprint density at radius 1 is 1.16 bits per heavy atom. The summed E-state index contributed by atoms with van der Waals surface area (Å²) in [6.45, 7) is 3.11. The number of halogens is 4. The number of amides is 1. The van der Waals surface area contributed by atoms with Gasteiger partial charge in [-0.2, -0.15) is 13.2 Å². The Bertz CT molecular complexity index is 1360. The number of nitrogen functional groups attached to an aromatic ring is 1. The molecule has 4 N–H and O–H groups in total. The Morgan fingerprint density at radius 3 is 2.54 bits per heavy atom. The first-order chi connectivity index (χ1) is 17.6. The second-order valence-corrected chi connectivity index (χ2v) is 8.50.